The summed E-state index contributed by atoms with van der Waals surface area (Å²) in [7, 11) is 1.99. The highest BCUT2D eigenvalue weighted by Crippen LogP contribution is 2.14. The van der Waals surface area contributed by atoms with Crippen molar-refractivity contribution in [2.24, 2.45) is 0 Å². The molecule has 3 nitrogen and oxygen atoms in total. The molecule has 2 rings (SSSR count). The fourth-order valence-corrected chi connectivity index (χ4v) is 2.55. The third-order valence-electron chi connectivity index (χ3n) is 4.38. The summed E-state index contributed by atoms with van der Waals surface area (Å²) < 4.78 is 0. The highest BCUT2D eigenvalue weighted by atomic mass is 16.2. The zero-order valence-electron chi connectivity index (χ0n) is 14.4. The van der Waals surface area contributed by atoms with Crippen LogP contribution in [0.1, 0.15) is 36.6 Å². The van der Waals surface area contributed by atoms with Crippen molar-refractivity contribution in [3.63, 3.8) is 0 Å². The van der Waals surface area contributed by atoms with Gasteiger partial charge in [-0.15, -0.1) is 0 Å². The number of carbonyl (C=O) groups is 1. The fourth-order valence-electron chi connectivity index (χ4n) is 2.55. The maximum absolute atomic E-state index is 12.5. The second kappa shape index (κ2) is 7.93. The van der Waals surface area contributed by atoms with Gasteiger partial charge in [-0.2, -0.15) is 0 Å². The molecule has 0 aliphatic heterocycles. The number of amides is 1. The second-order valence-corrected chi connectivity index (χ2v) is 6.16. The first-order chi connectivity index (χ1) is 11.0. The Morgan fingerprint density at radius 3 is 2.30 bits per heavy atom. The first-order valence-corrected chi connectivity index (χ1v) is 8.09. The van der Waals surface area contributed by atoms with Gasteiger partial charge in [0.15, 0.2) is 0 Å². The molecule has 23 heavy (non-hydrogen) atoms. The zero-order chi connectivity index (χ0) is 16.8. The van der Waals surface area contributed by atoms with Crippen LogP contribution in [0.5, 0.6) is 0 Å². The number of hydrogen-bond donors (Lipinski definition) is 1. The monoisotopic (exact) mass is 310 g/mol. The number of hydrogen-bond acceptors (Lipinski definition) is 2. The van der Waals surface area contributed by atoms with Gasteiger partial charge in [0.1, 0.15) is 0 Å². The van der Waals surface area contributed by atoms with E-state index in [1.165, 1.54) is 11.1 Å². The van der Waals surface area contributed by atoms with Crippen molar-refractivity contribution in [1.29, 1.82) is 0 Å². The number of likely N-dealkylation sites (N-methyl/N-ethyl adjacent to an activating group) is 1. The SMILES string of the molecule is Cc1ccccc1CN(C)C(C)C(=O)NC(C)c1ccccc1. The molecule has 2 aromatic carbocycles. The van der Waals surface area contributed by atoms with Gasteiger partial charge in [-0.1, -0.05) is 54.6 Å². The molecule has 0 aromatic heterocycles. The molecule has 0 aliphatic rings. The van der Waals surface area contributed by atoms with E-state index in [0.717, 1.165) is 12.1 Å². The number of nitrogens with one attached hydrogen (secondary N) is 1. The van der Waals surface area contributed by atoms with E-state index in [2.05, 4.69) is 29.3 Å². The van der Waals surface area contributed by atoms with Crippen molar-refractivity contribution in [3.8, 4) is 0 Å². The number of carbonyl (C=O) groups excluding carboxylic acids is 1. The van der Waals surface area contributed by atoms with Crippen molar-refractivity contribution in [1.82, 2.24) is 10.2 Å². The molecule has 1 amide bonds. The summed E-state index contributed by atoms with van der Waals surface area (Å²) in [6.07, 6.45) is 0. The van der Waals surface area contributed by atoms with E-state index >= 15 is 0 Å². The lowest BCUT2D eigenvalue weighted by Crippen LogP contribution is -2.43. The molecule has 2 atom stereocenters. The van der Waals surface area contributed by atoms with Crippen molar-refractivity contribution in [2.75, 3.05) is 7.05 Å². The van der Waals surface area contributed by atoms with Gasteiger partial charge in [-0.05, 0) is 44.5 Å². The maximum Gasteiger partial charge on any atom is 0.237 e. The Morgan fingerprint density at radius 1 is 1.04 bits per heavy atom. The van der Waals surface area contributed by atoms with Crippen molar-refractivity contribution < 1.29 is 4.79 Å². The third kappa shape index (κ3) is 4.67. The zero-order valence-corrected chi connectivity index (χ0v) is 14.4. The Kier molecular flexibility index (Phi) is 5.94. The van der Waals surface area contributed by atoms with E-state index in [9.17, 15) is 4.79 Å². The van der Waals surface area contributed by atoms with Crippen molar-refractivity contribution in [2.45, 2.75) is 39.4 Å². The van der Waals surface area contributed by atoms with E-state index in [4.69, 9.17) is 0 Å². The number of nitrogens with zero attached hydrogens (tertiary/aromatic N) is 1. The van der Waals surface area contributed by atoms with Crippen LogP contribution in [0.4, 0.5) is 0 Å². The molecule has 0 saturated carbocycles. The van der Waals surface area contributed by atoms with Crippen LogP contribution in [-0.2, 0) is 11.3 Å². The van der Waals surface area contributed by atoms with E-state index in [0.29, 0.717) is 0 Å². The minimum absolute atomic E-state index is 0.0120. The Morgan fingerprint density at radius 2 is 1.65 bits per heavy atom. The van der Waals surface area contributed by atoms with E-state index in [1.807, 2.05) is 63.4 Å². The summed E-state index contributed by atoms with van der Waals surface area (Å²) in [6.45, 7) is 6.83. The number of benzene rings is 2. The number of aryl methyl sites for hydroxylation is 1. The fraction of sp³-hybridized carbons (Fsp3) is 0.350. The van der Waals surface area contributed by atoms with Gasteiger partial charge < -0.3 is 5.32 Å². The van der Waals surface area contributed by atoms with Gasteiger partial charge in [0.2, 0.25) is 5.91 Å². The highest BCUT2D eigenvalue weighted by molar-refractivity contribution is 5.81. The molecule has 0 heterocycles. The molecule has 0 saturated heterocycles. The average molecular weight is 310 g/mol. The molecule has 2 unspecified atom stereocenters. The first kappa shape index (κ1) is 17.2. The Bertz CT molecular complexity index is 639. The smallest absolute Gasteiger partial charge is 0.237 e. The quantitative estimate of drug-likeness (QED) is 0.882. The van der Waals surface area contributed by atoms with Crippen molar-refractivity contribution in [3.05, 3.63) is 71.3 Å². The second-order valence-electron chi connectivity index (χ2n) is 6.16. The van der Waals surface area contributed by atoms with Crippen LogP contribution in [0.3, 0.4) is 0 Å². The van der Waals surface area contributed by atoms with Crippen LogP contribution in [0.2, 0.25) is 0 Å². The average Bonchev–Trinajstić information content (AvgIpc) is 2.56. The standard InChI is InChI=1S/C20H26N2O/c1-15-10-8-9-13-19(15)14-22(4)17(3)20(23)21-16(2)18-11-6-5-7-12-18/h5-13,16-17H,14H2,1-4H3,(H,21,23). The molecule has 0 radical (unpaired) electrons. The largest absolute Gasteiger partial charge is 0.348 e. The van der Waals surface area contributed by atoms with Crippen LogP contribution in [0.15, 0.2) is 54.6 Å². The Hall–Kier alpha value is -2.13. The van der Waals surface area contributed by atoms with Gasteiger partial charge in [0, 0.05) is 6.54 Å². The van der Waals surface area contributed by atoms with Gasteiger partial charge in [-0.3, -0.25) is 9.69 Å². The third-order valence-corrected chi connectivity index (χ3v) is 4.38. The first-order valence-electron chi connectivity index (χ1n) is 8.09. The Balaban J connectivity index is 1.95. The minimum atomic E-state index is -0.180. The van der Waals surface area contributed by atoms with E-state index in [1.54, 1.807) is 0 Å². The summed E-state index contributed by atoms with van der Waals surface area (Å²) >= 11 is 0. The van der Waals surface area contributed by atoms with E-state index in [-0.39, 0.29) is 18.0 Å². The highest BCUT2D eigenvalue weighted by Gasteiger charge is 2.20. The molecular formula is C20H26N2O. The molecule has 0 spiro atoms. The summed E-state index contributed by atoms with van der Waals surface area (Å²) in [4.78, 5) is 14.6. The molecule has 1 N–H and O–H groups in total. The lowest BCUT2D eigenvalue weighted by Gasteiger charge is -2.26. The molecule has 3 heteroatoms. The lowest BCUT2D eigenvalue weighted by molar-refractivity contribution is -0.126. The molecule has 0 bridgehead atoms. The number of rotatable bonds is 6. The summed E-state index contributed by atoms with van der Waals surface area (Å²) in [5, 5.41) is 3.10. The summed E-state index contributed by atoms with van der Waals surface area (Å²) in [5.41, 5.74) is 3.63. The van der Waals surface area contributed by atoms with Gasteiger partial charge in [-0.25, -0.2) is 0 Å². The molecule has 0 fully saturated rings. The molecule has 2 aromatic rings. The van der Waals surface area contributed by atoms with Crippen LogP contribution < -0.4 is 5.32 Å². The predicted octanol–water partition coefficient (Wildman–Crippen LogP) is 3.69. The van der Waals surface area contributed by atoms with Crippen LogP contribution in [0.25, 0.3) is 0 Å². The maximum atomic E-state index is 12.5. The molecular weight excluding hydrogens is 284 g/mol. The topological polar surface area (TPSA) is 32.3 Å². The Labute approximate surface area is 139 Å². The predicted molar refractivity (Wildman–Crippen MR) is 95.1 cm³/mol. The summed E-state index contributed by atoms with van der Waals surface area (Å²) in [5.74, 6) is 0.0532. The lowest BCUT2D eigenvalue weighted by atomic mass is 10.1. The minimum Gasteiger partial charge on any atom is -0.348 e. The molecule has 0 aliphatic carbocycles. The van der Waals surface area contributed by atoms with Crippen LogP contribution >= 0.6 is 0 Å². The van der Waals surface area contributed by atoms with E-state index < -0.39 is 0 Å². The van der Waals surface area contributed by atoms with Crippen LogP contribution in [0, 0.1) is 6.92 Å². The molecule has 122 valence electrons. The van der Waals surface area contributed by atoms with Gasteiger partial charge in [0.25, 0.3) is 0 Å². The van der Waals surface area contributed by atoms with Gasteiger partial charge in [0.05, 0.1) is 12.1 Å². The van der Waals surface area contributed by atoms with Crippen molar-refractivity contribution >= 4 is 5.91 Å². The van der Waals surface area contributed by atoms with Crippen LogP contribution in [-0.4, -0.2) is 23.9 Å². The normalized spacial score (nSPS) is 13.6. The van der Waals surface area contributed by atoms with Gasteiger partial charge >= 0.3 is 0 Å². The summed E-state index contributed by atoms with van der Waals surface area (Å²) in [6, 6.07) is 18.2.